The molecule has 0 spiro atoms. The summed E-state index contributed by atoms with van der Waals surface area (Å²) in [6.45, 7) is 0. The Labute approximate surface area is 109 Å². The number of halogens is 2. The molecule has 0 saturated carbocycles. The van der Waals surface area contributed by atoms with Crippen LogP contribution >= 0.6 is 0 Å². The van der Waals surface area contributed by atoms with Gasteiger partial charge in [0.1, 0.15) is 0 Å². The van der Waals surface area contributed by atoms with E-state index in [9.17, 15) is 0 Å². The zero-order chi connectivity index (χ0) is 8.39. The molecule has 2 rings (SSSR count). The van der Waals surface area contributed by atoms with Gasteiger partial charge in [0.25, 0.3) is 0 Å². The van der Waals surface area contributed by atoms with Crippen molar-refractivity contribution < 1.29 is 45.2 Å². The summed E-state index contributed by atoms with van der Waals surface area (Å²) >= 11 is 2.20. The topological polar surface area (TPSA) is 0 Å². The fourth-order valence-electron chi connectivity index (χ4n) is 1.39. The predicted molar refractivity (Wildman–Crippen MR) is 47.1 cm³/mol. The van der Waals surface area contributed by atoms with Crippen LogP contribution in [-0.4, -0.2) is 0 Å². The second-order valence-electron chi connectivity index (χ2n) is 2.86. The number of allylic oxidation sites excluding steroid dienone is 4. The Morgan fingerprint density at radius 3 is 2.14 bits per heavy atom. The predicted octanol–water partition coefficient (Wildman–Crippen LogP) is -3.09. The second kappa shape index (κ2) is 6.47. The van der Waals surface area contributed by atoms with E-state index >= 15 is 0 Å². The van der Waals surface area contributed by atoms with Gasteiger partial charge in [0.2, 0.25) is 0 Å². The van der Waals surface area contributed by atoms with Crippen LogP contribution in [0.25, 0.3) is 5.57 Å². The molecule has 0 amide bonds. The Kier molecular flexibility index (Phi) is 6.47. The third-order valence-electron chi connectivity index (χ3n) is 2.02. The van der Waals surface area contributed by atoms with Crippen molar-refractivity contribution in [1.29, 1.82) is 0 Å². The first kappa shape index (κ1) is 14.0. The minimum atomic E-state index is 0. The first-order valence-electron chi connectivity index (χ1n) is 4.04. The normalized spacial score (nSPS) is 13.6. The van der Waals surface area contributed by atoms with Crippen LogP contribution in [0.2, 0.25) is 0 Å². The Balaban J connectivity index is 0.000000845. The van der Waals surface area contributed by atoms with Crippen molar-refractivity contribution in [2.45, 2.75) is 6.42 Å². The Hall–Kier alpha value is -0.00571. The standard InChI is InChI=1S/C11H9.2ClH.Ti/c1-2-6-10(7-3-1)11-8-4-5-9-11;;;/h1-4,6-8H,5H2;2*1H;/q;;;+2/p-2. The maximum absolute atomic E-state index is 2.22. The molecule has 0 nitrogen and oxygen atoms in total. The molecule has 14 heavy (non-hydrogen) atoms. The van der Waals surface area contributed by atoms with E-state index in [1.54, 1.807) is 0 Å². The van der Waals surface area contributed by atoms with E-state index in [-0.39, 0.29) is 24.8 Å². The molecule has 3 heteroatoms. The van der Waals surface area contributed by atoms with E-state index in [4.69, 9.17) is 0 Å². The van der Waals surface area contributed by atoms with Crippen molar-refractivity contribution >= 4 is 5.57 Å². The number of benzene rings is 1. The zero-order valence-electron chi connectivity index (χ0n) is 7.50. The Morgan fingerprint density at radius 1 is 1.00 bits per heavy atom. The van der Waals surface area contributed by atoms with Crippen LogP contribution in [0.15, 0.2) is 46.4 Å². The zero-order valence-corrected chi connectivity index (χ0v) is 10.6. The van der Waals surface area contributed by atoms with E-state index < -0.39 is 0 Å². The van der Waals surface area contributed by atoms with E-state index in [0.717, 1.165) is 6.42 Å². The molecule has 0 saturated heterocycles. The van der Waals surface area contributed by atoms with Gasteiger partial charge in [-0.05, 0) is 0 Å². The molecule has 0 radical (unpaired) electrons. The molecule has 0 fully saturated rings. The molecule has 0 unspecified atom stereocenters. The van der Waals surface area contributed by atoms with Gasteiger partial charge in [0, 0.05) is 0 Å². The average molecular weight is 260 g/mol. The number of hydrogen-bond acceptors (Lipinski definition) is 0. The summed E-state index contributed by atoms with van der Waals surface area (Å²) in [5, 5.41) is 0. The Bertz CT molecular complexity index is 342. The summed E-state index contributed by atoms with van der Waals surface area (Å²) < 4.78 is 1.47. The summed E-state index contributed by atoms with van der Waals surface area (Å²) in [6.07, 6.45) is 5.55. The average Bonchev–Trinajstić information content (AvgIpc) is 2.53. The maximum atomic E-state index is 2.22. The Morgan fingerprint density at radius 2 is 1.64 bits per heavy atom. The molecular formula is C11H9Cl2Ti. The van der Waals surface area contributed by atoms with Gasteiger partial charge in [-0.2, -0.15) is 0 Å². The third kappa shape index (κ3) is 3.00. The summed E-state index contributed by atoms with van der Waals surface area (Å²) in [4.78, 5) is 0. The van der Waals surface area contributed by atoms with Crippen molar-refractivity contribution in [2.75, 3.05) is 0 Å². The van der Waals surface area contributed by atoms with Gasteiger partial charge in [-0.3, -0.25) is 0 Å². The monoisotopic (exact) mass is 259 g/mol. The van der Waals surface area contributed by atoms with E-state index in [1.807, 2.05) is 0 Å². The third-order valence-corrected chi connectivity index (χ3v) is 2.76. The van der Waals surface area contributed by atoms with Crippen molar-refractivity contribution in [3.63, 3.8) is 0 Å². The van der Waals surface area contributed by atoms with Gasteiger partial charge in [-0.25, -0.2) is 0 Å². The van der Waals surface area contributed by atoms with Crippen LogP contribution in [-0.2, 0) is 20.4 Å². The van der Waals surface area contributed by atoms with Crippen LogP contribution < -0.4 is 24.8 Å². The molecule has 1 aliphatic rings. The molecule has 0 heterocycles. The van der Waals surface area contributed by atoms with Crippen LogP contribution in [0.4, 0.5) is 0 Å². The minimum absolute atomic E-state index is 0. The summed E-state index contributed by atoms with van der Waals surface area (Å²) in [5.41, 5.74) is 2.74. The quantitative estimate of drug-likeness (QED) is 0.470. The summed E-state index contributed by atoms with van der Waals surface area (Å²) in [6, 6.07) is 10.5. The molecule has 1 aromatic rings. The fourth-order valence-corrected chi connectivity index (χ4v) is 1.93. The van der Waals surface area contributed by atoms with Crippen LogP contribution in [0, 0.1) is 0 Å². The SMILES string of the molecule is [Cl-].[Cl-].[Ti+2][C]1=C(c2ccccc2)C=CC1. The summed E-state index contributed by atoms with van der Waals surface area (Å²) in [7, 11) is 0. The van der Waals surface area contributed by atoms with Crippen molar-refractivity contribution in [2.24, 2.45) is 0 Å². The molecule has 0 bridgehead atoms. The molecular weight excluding hydrogens is 251 g/mol. The van der Waals surface area contributed by atoms with Crippen LogP contribution in [0.5, 0.6) is 0 Å². The van der Waals surface area contributed by atoms with Gasteiger partial charge in [0.15, 0.2) is 0 Å². The molecule has 0 aliphatic heterocycles. The molecule has 0 N–H and O–H groups in total. The van der Waals surface area contributed by atoms with Crippen LogP contribution in [0.1, 0.15) is 12.0 Å². The van der Waals surface area contributed by atoms with Gasteiger partial charge in [0.05, 0.1) is 0 Å². The number of hydrogen-bond donors (Lipinski definition) is 0. The first-order chi connectivity index (χ1) is 5.88. The van der Waals surface area contributed by atoms with Crippen molar-refractivity contribution in [3.05, 3.63) is 51.9 Å². The van der Waals surface area contributed by atoms with Crippen LogP contribution in [0.3, 0.4) is 0 Å². The van der Waals surface area contributed by atoms with Gasteiger partial charge in [-0.15, -0.1) is 0 Å². The molecule has 1 aliphatic carbocycles. The van der Waals surface area contributed by atoms with E-state index in [2.05, 4.69) is 62.9 Å². The van der Waals surface area contributed by atoms with E-state index in [1.165, 1.54) is 15.0 Å². The summed E-state index contributed by atoms with van der Waals surface area (Å²) in [5.74, 6) is 0. The molecule has 71 valence electrons. The number of rotatable bonds is 1. The fraction of sp³-hybridized carbons (Fsp3) is 0.0909. The molecule has 1 aromatic carbocycles. The van der Waals surface area contributed by atoms with Gasteiger partial charge in [-0.1, -0.05) is 0 Å². The van der Waals surface area contributed by atoms with E-state index in [0.29, 0.717) is 0 Å². The van der Waals surface area contributed by atoms with Gasteiger partial charge >= 0.3 is 84.4 Å². The first-order valence-corrected chi connectivity index (χ1v) is 4.83. The molecule has 0 aromatic heterocycles. The molecule has 0 atom stereocenters. The van der Waals surface area contributed by atoms with Crippen molar-refractivity contribution in [3.8, 4) is 0 Å². The van der Waals surface area contributed by atoms with Crippen molar-refractivity contribution in [1.82, 2.24) is 0 Å². The second-order valence-corrected chi connectivity index (χ2v) is 3.81. The van der Waals surface area contributed by atoms with Gasteiger partial charge < -0.3 is 24.8 Å².